The summed E-state index contributed by atoms with van der Waals surface area (Å²) < 4.78 is 0. The van der Waals surface area contributed by atoms with Gasteiger partial charge in [-0.15, -0.1) is 0 Å². The Kier molecular flexibility index (Phi) is 2.71. The highest BCUT2D eigenvalue weighted by Crippen LogP contribution is 2.48. The van der Waals surface area contributed by atoms with Gasteiger partial charge in [0.1, 0.15) is 6.29 Å². The van der Waals surface area contributed by atoms with Crippen molar-refractivity contribution in [2.24, 2.45) is 5.41 Å². The first-order valence-electron chi connectivity index (χ1n) is 4.69. The van der Waals surface area contributed by atoms with E-state index in [0.717, 1.165) is 32.0 Å². The molecule has 0 aromatic heterocycles. The first kappa shape index (κ1) is 9.50. The van der Waals surface area contributed by atoms with Gasteiger partial charge in [0.25, 0.3) is 0 Å². The third kappa shape index (κ3) is 2.20. The number of aldehydes is 1. The van der Waals surface area contributed by atoms with Gasteiger partial charge < -0.3 is 4.79 Å². The van der Waals surface area contributed by atoms with Crippen LogP contribution in [0.3, 0.4) is 0 Å². The average Bonchev–Trinajstić information content (AvgIpc) is 2.81. The zero-order valence-corrected chi connectivity index (χ0v) is 8.31. The predicted molar refractivity (Wildman–Crippen MR) is 51.0 cm³/mol. The van der Waals surface area contributed by atoms with Gasteiger partial charge in [-0.1, -0.05) is 11.1 Å². The molecule has 0 aromatic rings. The van der Waals surface area contributed by atoms with Crippen LogP contribution in [0.4, 0.5) is 0 Å². The standard InChI is InChI=1S/C11H18O/c1-9(2)10(3)4-5-11(8-12)6-7-11/h8H,4-7H2,1-3H3. The van der Waals surface area contributed by atoms with E-state index in [1.54, 1.807) is 0 Å². The van der Waals surface area contributed by atoms with Crippen molar-refractivity contribution < 1.29 is 4.79 Å². The molecule has 0 amide bonds. The minimum absolute atomic E-state index is 0.0940. The Hall–Kier alpha value is -0.590. The van der Waals surface area contributed by atoms with E-state index >= 15 is 0 Å². The van der Waals surface area contributed by atoms with Crippen molar-refractivity contribution in [2.45, 2.75) is 46.5 Å². The summed E-state index contributed by atoms with van der Waals surface area (Å²) in [4.78, 5) is 10.7. The second-order valence-electron chi connectivity index (χ2n) is 4.26. The molecule has 0 aromatic carbocycles. The zero-order chi connectivity index (χ0) is 9.19. The second kappa shape index (κ2) is 3.42. The van der Waals surface area contributed by atoms with Crippen molar-refractivity contribution in [3.05, 3.63) is 11.1 Å². The average molecular weight is 166 g/mol. The van der Waals surface area contributed by atoms with Gasteiger partial charge in [-0.05, 0) is 46.5 Å². The van der Waals surface area contributed by atoms with E-state index in [0.29, 0.717) is 0 Å². The van der Waals surface area contributed by atoms with Crippen molar-refractivity contribution in [2.75, 3.05) is 0 Å². The number of rotatable bonds is 4. The quantitative estimate of drug-likeness (QED) is 0.463. The minimum atomic E-state index is 0.0940. The highest BCUT2D eigenvalue weighted by Gasteiger charge is 2.41. The number of carbonyl (C=O) groups excluding carboxylic acids is 1. The molecule has 0 unspecified atom stereocenters. The molecular formula is C11H18O. The van der Waals surface area contributed by atoms with Crippen LogP contribution in [0.15, 0.2) is 11.1 Å². The molecule has 0 aliphatic heterocycles. The molecule has 1 saturated carbocycles. The lowest BCUT2D eigenvalue weighted by atomic mass is 9.97. The monoisotopic (exact) mass is 166 g/mol. The molecule has 0 radical (unpaired) electrons. The van der Waals surface area contributed by atoms with Crippen molar-refractivity contribution >= 4 is 6.29 Å². The van der Waals surface area contributed by atoms with Crippen molar-refractivity contribution in [1.29, 1.82) is 0 Å². The fraction of sp³-hybridized carbons (Fsp3) is 0.727. The van der Waals surface area contributed by atoms with E-state index in [1.165, 1.54) is 11.1 Å². The van der Waals surface area contributed by atoms with E-state index < -0.39 is 0 Å². The third-order valence-electron chi connectivity index (χ3n) is 2.99. The van der Waals surface area contributed by atoms with Crippen LogP contribution in [0.2, 0.25) is 0 Å². The fourth-order valence-electron chi connectivity index (χ4n) is 1.27. The molecule has 0 saturated heterocycles. The predicted octanol–water partition coefficient (Wildman–Crippen LogP) is 3.10. The lowest BCUT2D eigenvalue weighted by Crippen LogP contribution is -2.01. The summed E-state index contributed by atoms with van der Waals surface area (Å²) in [5.41, 5.74) is 2.94. The Bertz CT molecular complexity index is 205. The molecule has 0 atom stereocenters. The lowest BCUT2D eigenvalue weighted by Gasteiger charge is -2.07. The Morgan fingerprint density at radius 3 is 2.25 bits per heavy atom. The van der Waals surface area contributed by atoms with Crippen LogP contribution in [-0.4, -0.2) is 6.29 Å². The van der Waals surface area contributed by atoms with E-state index in [1.807, 2.05) is 0 Å². The molecule has 1 fully saturated rings. The number of carbonyl (C=O) groups is 1. The van der Waals surface area contributed by atoms with Crippen LogP contribution in [-0.2, 0) is 4.79 Å². The Morgan fingerprint density at radius 1 is 1.33 bits per heavy atom. The highest BCUT2D eigenvalue weighted by molar-refractivity contribution is 5.63. The van der Waals surface area contributed by atoms with Crippen LogP contribution < -0.4 is 0 Å². The van der Waals surface area contributed by atoms with E-state index in [4.69, 9.17) is 0 Å². The molecule has 1 heteroatoms. The summed E-state index contributed by atoms with van der Waals surface area (Å²) in [7, 11) is 0. The topological polar surface area (TPSA) is 17.1 Å². The Balaban J connectivity index is 2.36. The van der Waals surface area contributed by atoms with Gasteiger partial charge in [0, 0.05) is 5.41 Å². The molecular weight excluding hydrogens is 148 g/mol. The number of hydrogen-bond acceptors (Lipinski definition) is 1. The molecule has 0 N–H and O–H groups in total. The van der Waals surface area contributed by atoms with Crippen molar-refractivity contribution in [3.63, 3.8) is 0 Å². The SMILES string of the molecule is CC(C)=C(C)CCC1(C=O)CC1. The maximum Gasteiger partial charge on any atom is 0.126 e. The van der Waals surface area contributed by atoms with Crippen LogP contribution in [0, 0.1) is 5.41 Å². The number of allylic oxidation sites excluding steroid dienone is 2. The molecule has 1 rings (SSSR count). The van der Waals surface area contributed by atoms with Crippen LogP contribution >= 0.6 is 0 Å². The van der Waals surface area contributed by atoms with Crippen LogP contribution in [0.5, 0.6) is 0 Å². The summed E-state index contributed by atoms with van der Waals surface area (Å²) in [5, 5.41) is 0. The summed E-state index contributed by atoms with van der Waals surface area (Å²) in [6, 6.07) is 0. The molecule has 1 nitrogen and oxygen atoms in total. The van der Waals surface area contributed by atoms with Gasteiger partial charge >= 0.3 is 0 Å². The Labute approximate surface area is 74.9 Å². The van der Waals surface area contributed by atoms with Gasteiger partial charge in [-0.3, -0.25) is 0 Å². The maximum atomic E-state index is 10.7. The van der Waals surface area contributed by atoms with Crippen molar-refractivity contribution in [1.82, 2.24) is 0 Å². The molecule has 1 aliphatic rings. The largest absolute Gasteiger partial charge is 0.303 e. The summed E-state index contributed by atoms with van der Waals surface area (Å²) in [6.07, 6.45) is 5.55. The first-order valence-corrected chi connectivity index (χ1v) is 4.69. The zero-order valence-electron chi connectivity index (χ0n) is 8.31. The van der Waals surface area contributed by atoms with E-state index in [-0.39, 0.29) is 5.41 Å². The molecule has 68 valence electrons. The second-order valence-corrected chi connectivity index (χ2v) is 4.26. The first-order chi connectivity index (χ1) is 5.59. The minimum Gasteiger partial charge on any atom is -0.303 e. The summed E-state index contributed by atoms with van der Waals surface area (Å²) in [5.74, 6) is 0. The fourth-order valence-corrected chi connectivity index (χ4v) is 1.27. The van der Waals surface area contributed by atoms with Gasteiger partial charge in [-0.2, -0.15) is 0 Å². The molecule has 0 spiro atoms. The normalized spacial score (nSPS) is 18.6. The molecule has 12 heavy (non-hydrogen) atoms. The summed E-state index contributed by atoms with van der Waals surface area (Å²) >= 11 is 0. The third-order valence-corrected chi connectivity index (χ3v) is 2.99. The number of hydrogen-bond donors (Lipinski definition) is 0. The lowest BCUT2D eigenvalue weighted by molar-refractivity contribution is -0.112. The van der Waals surface area contributed by atoms with Crippen LogP contribution in [0.25, 0.3) is 0 Å². The maximum absolute atomic E-state index is 10.7. The molecule has 0 bridgehead atoms. The van der Waals surface area contributed by atoms with Gasteiger partial charge in [-0.25, -0.2) is 0 Å². The van der Waals surface area contributed by atoms with Crippen molar-refractivity contribution in [3.8, 4) is 0 Å². The van der Waals surface area contributed by atoms with E-state index in [9.17, 15) is 4.79 Å². The van der Waals surface area contributed by atoms with E-state index in [2.05, 4.69) is 20.8 Å². The molecule has 0 heterocycles. The molecule has 1 aliphatic carbocycles. The summed E-state index contributed by atoms with van der Waals surface area (Å²) in [6.45, 7) is 6.43. The smallest absolute Gasteiger partial charge is 0.126 e. The van der Waals surface area contributed by atoms with Gasteiger partial charge in [0.15, 0.2) is 0 Å². The Morgan fingerprint density at radius 2 is 1.92 bits per heavy atom. The highest BCUT2D eigenvalue weighted by atomic mass is 16.1. The van der Waals surface area contributed by atoms with Gasteiger partial charge in [0.2, 0.25) is 0 Å². The van der Waals surface area contributed by atoms with Gasteiger partial charge in [0.05, 0.1) is 0 Å². The van der Waals surface area contributed by atoms with Crippen LogP contribution in [0.1, 0.15) is 46.5 Å².